The average Bonchev–Trinajstić information content (AvgIpc) is 3.86. The second kappa shape index (κ2) is 19.3. The van der Waals surface area contributed by atoms with Gasteiger partial charge in [0.05, 0.1) is 45.4 Å². The van der Waals surface area contributed by atoms with Crippen LogP contribution in [0.3, 0.4) is 0 Å². The number of anilines is 1. The first-order chi connectivity index (χ1) is 33.7. The van der Waals surface area contributed by atoms with Gasteiger partial charge in [0.15, 0.2) is 11.5 Å². The van der Waals surface area contributed by atoms with E-state index < -0.39 is 47.4 Å². The smallest absolute Gasteiger partial charge is 0.324 e. The van der Waals surface area contributed by atoms with E-state index >= 15 is 14.4 Å². The molecule has 12 heteroatoms. The fraction of sp³-hybridized carbons (Fsp3) is 0.281. The van der Waals surface area contributed by atoms with E-state index in [1.807, 2.05) is 134 Å². The van der Waals surface area contributed by atoms with Crippen molar-refractivity contribution in [1.29, 1.82) is 0 Å². The average molecular weight is 923 g/mol. The van der Waals surface area contributed by atoms with Gasteiger partial charge in [-0.15, -0.1) is 0 Å². The minimum atomic E-state index is -1.72. The minimum Gasteiger partial charge on any atom is -0.493 e. The molecule has 12 nitrogen and oxygen atoms in total. The summed E-state index contributed by atoms with van der Waals surface area (Å²) in [6.07, 6.45) is -0.310. The van der Waals surface area contributed by atoms with Crippen LogP contribution in [-0.4, -0.2) is 91.2 Å². The molecule has 4 heterocycles. The fourth-order valence-corrected chi connectivity index (χ4v) is 11.1. The first-order valence-corrected chi connectivity index (χ1v) is 23.3. The highest BCUT2D eigenvalue weighted by molar-refractivity contribution is 6.12. The highest BCUT2D eigenvalue weighted by atomic mass is 16.6. The summed E-state index contributed by atoms with van der Waals surface area (Å²) in [6, 6.07) is 43.8. The molecule has 1 spiro atoms. The third-order valence-corrected chi connectivity index (χ3v) is 14.0. The van der Waals surface area contributed by atoms with Gasteiger partial charge in [-0.2, -0.15) is 0 Å². The number of morpholine rings is 1. The van der Waals surface area contributed by atoms with Crippen LogP contribution in [0.2, 0.25) is 0 Å². The number of methoxy groups -OCH3 is 2. The van der Waals surface area contributed by atoms with Crippen LogP contribution in [0.5, 0.6) is 17.2 Å². The summed E-state index contributed by atoms with van der Waals surface area (Å²) in [5.74, 6) is 5.66. The van der Waals surface area contributed by atoms with Crippen molar-refractivity contribution in [3.8, 4) is 29.1 Å². The molecule has 6 aromatic rings. The lowest BCUT2D eigenvalue weighted by atomic mass is 9.64. The zero-order valence-corrected chi connectivity index (χ0v) is 38.8. The van der Waals surface area contributed by atoms with E-state index in [0.717, 1.165) is 28.8 Å². The molecule has 0 aliphatic carbocycles. The summed E-state index contributed by atoms with van der Waals surface area (Å²) < 4.78 is 24.1. The molecule has 2 N–H and O–H groups in total. The Hall–Kier alpha value is -7.43. The van der Waals surface area contributed by atoms with Crippen molar-refractivity contribution in [1.82, 2.24) is 14.7 Å². The molecule has 0 bridgehead atoms. The standard InChI is InChI=1S/C57H54N4O8/c1-59(35-38-15-7-4-8-16-38)27-14-17-37-24-25-46-45(31-37)57(56(65)58-46)49(54(63)60-28-26-41-33-47(66-2)48(67-3)34-43(41)36-60)51-55(64)69-52(40-20-11-6-12-21-40)50(39-18-9-5-10-19-39)61(51)53(57)42-22-13-23-44(32-42)68-30-29-62/h4-13,15-16,18-25,31-34,49-53,62H,26-30,35-36H2,1-3H3,(H,58,65)/t49-,50-,51-,52+,53+,57-/m1/s1. The number of cyclic esters (lactones) is 1. The highest BCUT2D eigenvalue weighted by Crippen LogP contribution is 2.65. The van der Waals surface area contributed by atoms with Gasteiger partial charge in [0.25, 0.3) is 0 Å². The van der Waals surface area contributed by atoms with E-state index in [2.05, 4.69) is 39.1 Å². The van der Waals surface area contributed by atoms with Crippen molar-refractivity contribution in [2.45, 2.75) is 49.2 Å². The molecule has 6 aromatic carbocycles. The number of aliphatic hydroxyl groups excluding tert-OH is 1. The molecule has 2 amide bonds. The van der Waals surface area contributed by atoms with Gasteiger partial charge >= 0.3 is 5.97 Å². The number of ether oxygens (including phenoxy) is 4. The lowest BCUT2D eigenvalue weighted by Gasteiger charge is -2.46. The summed E-state index contributed by atoms with van der Waals surface area (Å²) in [5.41, 5.74) is 5.37. The van der Waals surface area contributed by atoms with Gasteiger partial charge in [-0.25, -0.2) is 0 Å². The number of fused-ring (bicyclic) bond motifs is 4. The van der Waals surface area contributed by atoms with Crippen molar-refractivity contribution < 1.29 is 38.4 Å². The van der Waals surface area contributed by atoms with Gasteiger partial charge in [-0.3, -0.25) is 24.2 Å². The Morgan fingerprint density at radius 2 is 1.49 bits per heavy atom. The van der Waals surface area contributed by atoms with Gasteiger partial charge in [0, 0.05) is 30.9 Å². The van der Waals surface area contributed by atoms with Crippen molar-refractivity contribution in [2.24, 2.45) is 5.92 Å². The quantitative estimate of drug-likeness (QED) is 0.0946. The summed E-state index contributed by atoms with van der Waals surface area (Å²) in [6.45, 7) is 1.57. The molecule has 69 heavy (non-hydrogen) atoms. The van der Waals surface area contributed by atoms with E-state index in [4.69, 9.17) is 18.9 Å². The first-order valence-electron chi connectivity index (χ1n) is 23.3. The van der Waals surface area contributed by atoms with E-state index in [1.54, 1.807) is 25.2 Å². The van der Waals surface area contributed by atoms with Crippen LogP contribution in [0.1, 0.15) is 62.7 Å². The topological polar surface area (TPSA) is 130 Å². The normalized spacial score (nSPS) is 22.4. The van der Waals surface area contributed by atoms with Gasteiger partial charge < -0.3 is 34.3 Å². The molecule has 6 atom stereocenters. The third-order valence-electron chi connectivity index (χ3n) is 14.0. The van der Waals surface area contributed by atoms with E-state index in [9.17, 15) is 5.11 Å². The fourth-order valence-electron chi connectivity index (χ4n) is 11.1. The monoisotopic (exact) mass is 922 g/mol. The van der Waals surface area contributed by atoms with Crippen LogP contribution in [0, 0.1) is 17.8 Å². The number of aliphatic hydroxyl groups is 1. The number of hydrogen-bond acceptors (Lipinski definition) is 10. The van der Waals surface area contributed by atoms with Crippen LogP contribution >= 0.6 is 0 Å². The van der Waals surface area contributed by atoms with E-state index in [0.29, 0.717) is 59.1 Å². The summed E-state index contributed by atoms with van der Waals surface area (Å²) >= 11 is 0. The Morgan fingerprint density at radius 3 is 2.20 bits per heavy atom. The Kier molecular flexibility index (Phi) is 12.7. The summed E-state index contributed by atoms with van der Waals surface area (Å²) in [4.78, 5) is 53.6. The Bertz CT molecular complexity index is 2940. The predicted molar refractivity (Wildman–Crippen MR) is 260 cm³/mol. The molecular formula is C57H54N4O8. The Labute approximate surface area is 402 Å². The number of nitrogens with zero attached hydrogens (tertiary/aromatic N) is 3. The first kappa shape index (κ1) is 45.4. The van der Waals surface area contributed by atoms with Crippen molar-refractivity contribution in [3.63, 3.8) is 0 Å². The van der Waals surface area contributed by atoms with Crippen LogP contribution < -0.4 is 19.5 Å². The molecule has 0 aromatic heterocycles. The molecule has 4 aliphatic rings. The van der Waals surface area contributed by atoms with Crippen LogP contribution in [0.4, 0.5) is 5.69 Å². The summed E-state index contributed by atoms with van der Waals surface area (Å²) in [7, 11) is 5.20. The molecular weight excluding hydrogens is 869 g/mol. The number of rotatable bonds is 12. The van der Waals surface area contributed by atoms with Gasteiger partial charge in [-0.05, 0) is 94.9 Å². The third kappa shape index (κ3) is 8.26. The number of benzene rings is 6. The maximum Gasteiger partial charge on any atom is 0.324 e. The van der Waals surface area contributed by atoms with Gasteiger partial charge in [0.2, 0.25) is 11.8 Å². The van der Waals surface area contributed by atoms with Crippen molar-refractivity contribution in [2.75, 3.05) is 52.9 Å². The number of esters is 1. The summed E-state index contributed by atoms with van der Waals surface area (Å²) in [5, 5.41) is 13.0. The zero-order valence-electron chi connectivity index (χ0n) is 38.8. The molecule has 350 valence electrons. The largest absolute Gasteiger partial charge is 0.493 e. The van der Waals surface area contributed by atoms with Crippen LogP contribution in [-0.2, 0) is 44.0 Å². The van der Waals surface area contributed by atoms with Crippen LogP contribution in [0.15, 0.2) is 146 Å². The Balaban J connectivity index is 1.18. The second-order valence-electron chi connectivity index (χ2n) is 18.1. The van der Waals surface area contributed by atoms with E-state index in [-0.39, 0.29) is 25.7 Å². The van der Waals surface area contributed by atoms with E-state index in [1.165, 1.54) is 5.56 Å². The maximum atomic E-state index is 16.2. The number of amides is 2. The van der Waals surface area contributed by atoms with Gasteiger partial charge in [0.1, 0.15) is 29.9 Å². The van der Waals surface area contributed by atoms with Gasteiger partial charge in [-0.1, -0.05) is 115 Å². The number of carbonyl (C=O) groups is 3. The lowest BCUT2D eigenvalue weighted by Crippen LogP contribution is -2.56. The molecule has 0 unspecified atom stereocenters. The van der Waals surface area contributed by atoms with Crippen molar-refractivity contribution >= 4 is 23.5 Å². The minimum absolute atomic E-state index is 0.0424. The molecule has 10 rings (SSSR count). The molecule has 0 saturated carbocycles. The molecule has 0 radical (unpaired) electrons. The highest BCUT2D eigenvalue weighted by Gasteiger charge is 2.74. The van der Waals surface area contributed by atoms with Crippen molar-refractivity contribution in [3.05, 3.63) is 190 Å². The lowest BCUT2D eigenvalue weighted by molar-refractivity contribution is -0.179. The SMILES string of the molecule is COc1cc2c(cc1OC)CN(C(=O)[C@H]1[C@@H]3C(=O)O[C@@H](c4ccccc4)[C@@H](c4ccccc4)N3[C@@H](c3cccc(OCCO)c3)[C@]13C(=O)Nc1ccc(C#CCN(C)Cc4ccccc4)cc13)CC2. The second-order valence-corrected chi connectivity index (χ2v) is 18.1. The molecule has 4 aliphatic heterocycles. The molecule has 2 fully saturated rings. The Morgan fingerprint density at radius 1 is 0.812 bits per heavy atom. The zero-order chi connectivity index (χ0) is 47.6. The predicted octanol–water partition coefficient (Wildman–Crippen LogP) is 7.41. The molecule has 2 saturated heterocycles. The number of carbonyl (C=O) groups excluding carboxylic acids is 3. The van der Waals surface area contributed by atoms with Crippen LogP contribution in [0.25, 0.3) is 0 Å². The number of hydrogen-bond donors (Lipinski definition) is 2. The maximum absolute atomic E-state index is 16.2. The number of nitrogens with one attached hydrogen (secondary N) is 1.